The Morgan fingerprint density at radius 3 is 1.14 bits per heavy atom. The van der Waals surface area contributed by atoms with E-state index in [1.54, 1.807) is 11.1 Å². The Bertz CT molecular complexity index is 839. The van der Waals surface area contributed by atoms with Crippen LogP contribution in [0, 0.1) is 0 Å². The minimum absolute atomic E-state index is 1.14. The fraction of sp³-hybridized carbons (Fsp3) is 0.259. The third-order valence-corrected chi connectivity index (χ3v) is 12.5. The summed E-state index contributed by atoms with van der Waals surface area (Å²) in [6.45, 7) is 12.2. The molecular weight excluding hydrogens is 380 g/mol. The van der Waals surface area contributed by atoms with E-state index in [-0.39, 0.29) is 0 Å². The molecule has 0 aromatic heterocycles. The fourth-order valence-electron chi connectivity index (χ4n) is 4.47. The Kier molecular flexibility index (Phi) is 6.76. The van der Waals surface area contributed by atoms with Crippen LogP contribution < -0.4 is 15.6 Å². The fourth-order valence-corrected chi connectivity index (χ4v) is 11.4. The van der Waals surface area contributed by atoms with Crippen molar-refractivity contribution in [2.75, 3.05) is 0 Å². The highest BCUT2D eigenvalue weighted by Gasteiger charge is 2.39. The highest BCUT2D eigenvalue weighted by molar-refractivity contribution is 7.11. The lowest BCUT2D eigenvalue weighted by molar-refractivity contribution is 1.18. The number of hydrogen-bond donors (Lipinski definition) is 0. The second-order valence-corrected chi connectivity index (χ2v) is 18.8. The second-order valence-electron chi connectivity index (χ2n) is 9.48. The van der Waals surface area contributed by atoms with E-state index in [9.17, 15) is 0 Å². The van der Waals surface area contributed by atoms with Gasteiger partial charge in [-0.3, -0.25) is 0 Å². The lowest BCUT2D eigenvalue weighted by Crippen LogP contribution is -2.67. The van der Waals surface area contributed by atoms with Crippen molar-refractivity contribution in [3.8, 4) is 0 Å². The van der Waals surface area contributed by atoms with Gasteiger partial charge in [0.25, 0.3) is 0 Å². The summed E-state index contributed by atoms with van der Waals surface area (Å²) in [4.78, 5) is 0. The number of allylic oxidation sites excluding steroid dienone is 2. The average molecular weight is 415 g/mol. The van der Waals surface area contributed by atoms with E-state index >= 15 is 0 Å². The Labute approximate surface area is 179 Å². The highest BCUT2D eigenvalue weighted by atomic mass is 28.3. The summed E-state index contributed by atoms with van der Waals surface area (Å²) in [7, 11) is -3.31. The van der Waals surface area contributed by atoms with Crippen LogP contribution in [0.3, 0.4) is 0 Å². The quantitative estimate of drug-likeness (QED) is 0.259. The van der Waals surface area contributed by atoms with Gasteiger partial charge < -0.3 is 0 Å². The van der Waals surface area contributed by atoms with Crippen LogP contribution in [-0.2, 0) is 0 Å². The molecule has 0 aliphatic carbocycles. The molecule has 3 aromatic rings. The van der Waals surface area contributed by atoms with Gasteiger partial charge in [-0.25, -0.2) is 0 Å². The third-order valence-electron chi connectivity index (χ3n) is 5.85. The van der Waals surface area contributed by atoms with Crippen molar-refractivity contribution in [3.05, 3.63) is 102 Å². The van der Waals surface area contributed by atoms with Gasteiger partial charge in [0.2, 0.25) is 0 Å². The number of hydrogen-bond acceptors (Lipinski definition) is 0. The Balaban J connectivity index is 2.24. The first-order chi connectivity index (χ1) is 13.8. The summed E-state index contributed by atoms with van der Waals surface area (Å²) in [5.74, 6) is 0. The smallest absolute Gasteiger partial charge is 0.0773 e. The van der Waals surface area contributed by atoms with Crippen LogP contribution >= 0.6 is 0 Å². The maximum Gasteiger partial charge on any atom is 0.152 e. The average Bonchev–Trinajstić information content (AvgIpc) is 2.72. The first kappa shape index (κ1) is 21.5. The van der Waals surface area contributed by atoms with E-state index < -0.39 is 16.1 Å². The van der Waals surface area contributed by atoms with Crippen molar-refractivity contribution in [1.82, 2.24) is 0 Å². The van der Waals surface area contributed by atoms with Gasteiger partial charge in [-0.05, 0) is 41.5 Å². The molecule has 0 heterocycles. The molecule has 3 rings (SSSR count). The molecule has 29 heavy (non-hydrogen) atoms. The van der Waals surface area contributed by atoms with E-state index in [1.807, 2.05) is 0 Å². The van der Waals surface area contributed by atoms with E-state index in [4.69, 9.17) is 0 Å². The van der Waals surface area contributed by atoms with Gasteiger partial charge in [0.1, 0.15) is 0 Å². The van der Waals surface area contributed by atoms with Crippen molar-refractivity contribution in [2.24, 2.45) is 0 Å². The first-order valence-electron chi connectivity index (χ1n) is 10.6. The van der Waals surface area contributed by atoms with E-state index in [0.717, 1.165) is 6.04 Å². The summed E-state index contributed by atoms with van der Waals surface area (Å²) in [5, 5.41) is 4.49. The Morgan fingerprint density at radius 1 is 0.517 bits per heavy atom. The van der Waals surface area contributed by atoms with Crippen molar-refractivity contribution < 1.29 is 0 Å². The zero-order chi connectivity index (χ0) is 20.9. The molecule has 0 aliphatic rings. The van der Waals surface area contributed by atoms with Crippen molar-refractivity contribution in [2.45, 2.75) is 45.6 Å². The maximum absolute atomic E-state index is 2.47. The molecule has 2 heteroatoms. The largest absolute Gasteiger partial charge is 0.152 e. The summed E-state index contributed by atoms with van der Waals surface area (Å²) < 4.78 is 0. The highest BCUT2D eigenvalue weighted by Crippen LogP contribution is 2.25. The second kappa shape index (κ2) is 9.10. The Hall–Kier alpha value is -2.17. The van der Waals surface area contributed by atoms with Crippen LogP contribution in [0.5, 0.6) is 0 Å². The molecule has 0 spiro atoms. The standard InChI is InChI=1S/C27H34Si2/c1-23(21-28(3,4)5)24(2)22-29(25-15-9-6-10-16-25,26-17-11-7-12-18-26)27-19-13-8-14-20-27/h6-20H,21-22H2,1-5H3. The molecule has 150 valence electrons. The molecule has 0 bridgehead atoms. The van der Waals surface area contributed by atoms with E-state index in [0.29, 0.717) is 0 Å². The number of rotatable bonds is 7. The SMILES string of the molecule is CC(C[Si](C)(C)C)=C(C)C[Si](c1ccccc1)(c1ccccc1)c1ccccc1. The van der Waals surface area contributed by atoms with Gasteiger partial charge in [-0.1, -0.05) is 122 Å². The van der Waals surface area contributed by atoms with Crippen LogP contribution in [0.25, 0.3) is 0 Å². The van der Waals surface area contributed by atoms with Gasteiger partial charge in [-0.2, -0.15) is 0 Å². The molecule has 0 atom stereocenters. The molecule has 0 unspecified atom stereocenters. The molecule has 0 aliphatic heterocycles. The molecule has 0 fully saturated rings. The molecule has 0 radical (unpaired) electrons. The third kappa shape index (κ3) is 5.06. The monoisotopic (exact) mass is 414 g/mol. The zero-order valence-electron chi connectivity index (χ0n) is 18.6. The molecular formula is C27H34Si2. The van der Waals surface area contributed by atoms with Gasteiger partial charge in [0, 0.05) is 8.07 Å². The van der Waals surface area contributed by atoms with E-state index in [2.05, 4.69) is 124 Å². The molecule has 0 saturated carbocycles. The van der Waals surface area contributed by atoms with Gasteiger partial charge in [-0.15, -0.1) is 0 Å². The predicted molar refractivity (Wildman–Crippen MR) is 135 cm³/mol. The summed E-state index contributed by atoms with van der Waals surface area (Å²) >= 11 is 0. The molecule has 0 saturated heterocycles. The van der Waals surface area contributed by atoms with E-state index in [1.165, 1.54) is 21.6 Å². The van der Waals surface area contributed by atoms with Crippen LogP contribution in [0.15, 0.2) is 102 Å². The first-order valence-corrected chi connectivity index (χ1v) is 16.6. The van der Waals surface area contributed by atoms with Crippen molar-refractivity contribution in [1.29, 1.82) is 0 Å². The molecule has 0 N–H and O–H groups in total. The van der Waals surface area contributed by atoms with Gasteiger partial charge in [0.05, 0.1) is 0 Å². The minimum Gasteiger partial charge on any atom is -0.0773 e. The van der Waals surface area contributed by atoms with Gasteiger partial charge in [0.15, 0.2) is 8.07 Å². The van der Waals surface area contributed by atoms with Gasteiger partial charge >= 0.3 is 0 Å². The van der Waals surface area contributed by atoms with Crippen molar-refractivity contribution in [3.63, 3.8) is 0 Å². The summed E-state index contributed by atoms with van der Waals surface area (Å²) in [6, 6.07) is 36.2. The molecule has 3 aromatic carbocycles. The van der Waals surface area contributed by atoms with Crippen LogP contribution in [0.4, 0.5) is 0 Å². The molecule has 0 amide bonds. The lowest BCUT2D eigenvalue weighted by atomic mass is 10.2. The summed E-state index contributed by atoms with van der Waals surface area (Å²) in [6.07, 6.45) is 0. The van der Waals surface area contributed by atoms with Crippen LogP contribution in [0.2, 0.25) is 31.7 Å². The lowest BCUT2D eigenvalue weighted by Gasteiger charge is -2.35. The minimum atomic E-state index is -2.17. The molecule has 0 nitrogen and oxygen atoms in total. The topological polar surface area (TPSA) is 0 Å². The summed E-state index contributed by atoms with van der Waals surface area (Å²) in [5.41, 5.74) is 3.18. The van der Waals surface area contributed by atoms with Crippen molar-refractivity contribution >= 4 is 31.7 Å². The Morgan fingerprint density at radius 2 is 0.828 bits per heavy atom. The predicted octanol–water partition coefficient (Wildman–Crippen LogP) is 5.83. The number of benzene rings is 3. The van der Waals surface area contributed by atoms with Crippen LogP contribution in [-0.4, -0.2) is 16.1 Å². The van der Waals surface area contributed by atoms with Crippen LogP contribution in [0.1, 0.15) is 13.8 Å². The maximum atomic E-state index is 2.47. The zero-order valence-corrected chi connectivity index (χ0v) is 20.6. The normalized spacial score (nSPS) is 13.1.